The largest absolute Gasteiger partial charge is 0.310 e. The molecule has 1 aliphatic carbocycles. The third-order valence-electron chi connectivity index (χ3n) is 4.22. The molecule has 1 aliphatic rings. The van der Waals surface area contributed by atoms with Gasteiger partial charge in [0, 0.05) is 12.1 Å². The van der Waals surface area contributed by atoms with Crippen molar-refractivity contribution in [3.8, 4) is 0 Å². The number of hydrogen-bond acceptors (Lipinski definition) is 3. The molecule has 5 heteroatoms. The number of benzene rings is 1. The number of sulfonamides is 1. The Balaban J connectivity index is 2.06. The Hall–Kier alpha value is -0.910. The highest BCUT2D eigenvalue weighted by Gasteiger charge is 2.26. The average molecular weight is 310 g/mol. The van der Waals surface area contributed by atoms with Crippen LogP contribution in [0.4, 0.5) is 0 Å². The lowest BCUT2D eigenvalue weighted by Gasteiger charge is -2.15. The van der Waals surface area contributed by atoms with Crippen molar-refractivity contribution in [2.24, 2.45) is 5.92 Å². The van der Waals surface area contributed by atoms with Gasteiger partial charge in [0.25, 0.3) is 0 Å². The predicted octanol–water partition coefficient (Wildman–Crippen LogP) is 2.82. The van der Waals surface area contributed by atoms with Gasteiger partial charge in [0.05, 0.1) is 4.90 Å². The Morgan fingerprint density at radius 3 is 2.43 bits per heavy atom. The van der Waals surface area contributed by atoms with E-state index in [2.05, 4.69) is 30.8 Å². The van der Waals surface area contributed by atoms with Crippen LogP contribution in [0.2, 0.25) is 0 Å². The minimum Gasteiger partial charge on any atom is -0.310 e. The molecule has 3 unspecified atom stereocenters. The normalized spacial score (nSPS) is 24.1. The van der Waals surface area contributed by atoms with Crippen LogP contribution >= 0.6 is 0 Å². The molecule has 1 saturated carbocycles. The summed E-state index contributed by atoms with van der Waals surface area (Å²) in [6.45, 7) is 7.20. The van der Waals surface area contributed by atoms with Crippen LogP contribution < -0.4 is 10.0 Å². The second-order valence-electron chi connectivity index (χ2n) is 6.08. The van der Waals surface area contributed by atoms with Crippen molar-refractivity contribution in [2.45, 2.75) is 57.0 Å². The maximum atomic E-state index is 12.4. The zero-order chi connectivity index (χ0) is 15.5. The Morgan fingerprint density at radius 1 is 1.24 bits per heavy atom. The van der Waals surface area contributed by atoms with Gasteiger partial charge in [-0.3, -0.25) is 0 Å². The van der Waals surface area contributed by atoms with E-state index >= 15 is 0 Å². The molecule has 21 heavy (non-hydrogen) atoms. The number of hydrogen-bond donors (Lipinski definition) is 2. The van der Waals surface area contributed by atoms with Crippen LogP contribution in [0.5, 0.6) is 0 Å². The van der Waals surface area contributed by atoms with E-state index in [1.807, 2.05) is 12.1 Å². The van der Waals surface area contributed by atoms with Crippen LogP contribution in [0.25, 0.3) is 0 Å². The van der Waals surface area contributed by atoms with Crippen molar-refractivity contribution in [3.63, 3.8) is 0 Å². The lowest BCUT2D eigenvalue weighted by atomic mass is 10.1. The highest BCUT2D eigenvalue weighted by atomic mass is 32.2. The second kappa shape index (κ2) is 6.90. The average Bonchev–Trinajstić information content (AvgIpc) is 2.84. The third-order valence-corrected chi connectivity index (χ3v) is 5.75. The summed E-state index contributed by atoms with van der Waals surface area (Å²) in [6, 6.07) is 7.49. The minimum atomic E-state index is -3.39. The van der Waals surface area contributed by atoms with Gasteiger partial charge in [-0.05, 0) is 56.3 Å². The van der Waals surface area contributed by atoms with Gasteiger partial charge in [-0.2, -0.15) is 0 Å². The smallest absolute Gasteiger partial charge is 0.240 e. The lowest BCUT2D eigenvalue weighted by Crippen LogP contribution is -2.33. The van der Waals surface area contributed by atoms with E-state index in [-0.39, 0.29) is 12.1 Å². The summed E-state index contributed by atoms with van der Waals surface area (Å²) < 4.78 is 27.6. The molecule has 4 nitrogen and oxygen atoms in total. The monoisotopic (exact) mass is 310 g/mol. The van der Waals surface area contributed by atoms with Crippen molar-refractivity contribution in [1.82, 2.24) is 10.0 Å². The first kappa shape index (κ1) is 16.5. The van der Waals surface area contributed by atoms with Gasteiger partial charge in [-0.1, -0.05) is 26.0 Å². The van der Waals surface area contributed by atoms with Crippen LogP contribution in [-0.4, -0.2) is 21.0 Å². The van der Waals surface area contributed by atoms with Crippen LogP contribution in [0.1, 0.15) is 51.6 Å². The molecule has 0 bridgehead atoms. The fraction of sp³-hybridized carbons (Fsp3) is 0.625. The fourth-order valence-electron chi connectivity index (χ4n) is 2.96. The van der Waals surface area contributed by atoms with E-state index in [9.17, 15) is 8.42 Å². The molecule has 1 aromatic rings. The fourth-order valence-corrected chi connectivity index (χ4v) is 4.24. The molecule has 3 atom stereocenters. The Kier molecular flexibility index (Phi) is 5.41. The van der Waals surface area contributed by atoms with Gasteiger partial charge in [0.2, 0.25) is 10.0 Å². The molecule has 2 rings (SSSR count). The Bertz CT molecular complexity index is 554. The van der Waals surface area contributed by atoms with Crippen LogP contribution in [-0.2, 0) is 10.0 Å². The molecule has 118 valence electrons. The van der Waals surface area contributed by atoms with E-state index in [1.54, 1.807) is 12.1 Å². The first-order valence-electron chi connectivity index (χ1n) is 7.78. The molecule has 0 saturated heterocycles. The molecule has 1 aromatic carbocycles. The SMILES string of the molecule is CCNC(C)c1ccc(S(=O)(=O)NC2CCC(C)C2)cc1. The van der Waals surface area contributed by atoms with Crippen molar-refractivity contribution < 1.29 is 8.42 Å². The van der Waals surface area contributed by atoms with Gasteiger partial charge >= 0.3 is 0 Å². The van der Waals surface area contributed by atoms with Crippen LogP contribution in [0.15, 0.2) is 29.2 Å². The number of rotatable bonds is 6. The van der Waals surface area contributed by atoms with Gasteiger partial charge in [-0.25, -0.2) is 13.1 Å². The van der Waals surface area contributed by atoms with Gasteiger partial charge < -0.3 is 5.32 Å². The highest BCUT2D eigenvalue weighted by molar-refractivity contribution is 7.89. The second-order valence-corrected chi connectivity index (χ2v) is 7.80. The molecular formula is C16H26N2O2S. The quantitative estimate of drug-likeness (QED) is 0.849. The lowest BCUT2D eigenvalue weighted by molar-refractivity contribution is 0.538. The van der Waals surface area contributed by atoms with Gasteiger partial charge in [0.15, 0.2) is 0 Å². The van der Waals surface area contributed by atoms with E-state index in [4.69, 9.17) is 0 Å². The predicted molar refractivity (Wildman–Crippen MR) is 85.7 cm³/mol. The Labute approximate surface area is 128 Å². The molecule has 0 radical (unpaired) electrons. The maximum Gasteiger partial charge on any atom is 0.240 e. The summed E-state index contributed by atoms with van der Waals surface area (Å²) in [7, 11) is -3.39. The van der Waals surface area contributed by atoms with Crippen molar-refractivity contribution >= 4 is 10.0 Å². The molecule has 0 aliphatic heterocycles. The van der Waals surface area contributed by atoms with Gasteiger partial charge in [-0.15, -0.1) is 0 Å². The molecule has 0 amide bonds. The molecule has 0 aromatic heterocycles. The van der Waals surface area contributed by atoms with E-state index in [0.717, 1.165) is 31.4 Å². The van der Waals surface area contributed by atoms with Crippen LogP contribution in [0, 0.1) is 5.92 Å². The van der Waals surface area contributed by atoms with Crippen molar-refractivity contribution in [1.29, 1.82) is 0 Å². The molecular weight excluding hydrogens is 284 g/mol. The van der Waals surface area contributed by atoms with Crippen LogP contribution in [0.3, 0.4) is 0 Å². The summed E-state index contributed by atoms with van der Waals surface area (Å²) in [5, 5.41) is 3.32. The standard InChI is InChI=1S/C16H26N2O2S/c1-4-17-13(3)14-6-9-16(10-7-14)21(19,20)18-15-8-5-12(2)11-15/h6-7,9-10,12-13,15,17-18H,4-5,8,11H2,1-3H3. The first-order chi connectivity index (χ1) is 9.92. The van der Waals surface area contributed by atoms with Crippen molar-refractivity contribution in [3.05, 3.63) is 29.8 Å². The summed E-state index contributed by atoms with van der Waals surface area (Å²) >= 11 is 0. The molecule has 0 heterocycles. The number of nitrogens with one attached hydrogen (secondary N) is 2. The maximum absolute atomic E-state index is 12.4. The molecule has 0 spiro atoms. The summed E-state index contributed by atoms with van der Waals surface area (Å²) in [5.74, 6) is 0.612. The molecule has 2 N–H and O–H groups in total. The third kappa shape index (κ3) is 4.28. The molecule has 1 fully saturated rings. The minimum absolute atomic E-state index is 0.0883. The van der Waals surface area contributed by atoms with E-state index in [1.165, 1.54) is 0 Å². The zero-order valence-electron chi connectivity index (χ0n) is 13.1. The summed E-state index contributed by atoms with van der Waals surface area (Å²) in [5.41, 5.74) is 1.10. The topological polar surface area (TPSA) is 58.2 Å². The highest BCUT2D eigenvalue weighted by Crippen LogP contribution is 2.26. The summed E-state index contributed by atoms with van der Waals surface area (Å²) in [4.78, 5) is 0.356. The first-order valence-corrected chi connectivity index (χ1v) is 9.26. The van der Waals surface area contributed by atoms with E-state index < -0.39 is 10.0 Å². The zero-order valence-corrected chi connectivity index (χ0v) is 13.9. The van der Waals surface area contributed by atoms with E-state index in [0.29, 0.717) is 10.8 Å². The van der Waals surface area contributed by atoms with Gasteiger partial charge in [0.1, 0.15) is 0 Å². The Morgan fingerprint density at radius 2 is 1.90 bits per heavy atom. The summed E-state index contributed by atoms with van der Waals surface area (Å²) in [6.07, 6.45) is 2.98. The van der Waals surface area contributed by atoms with Crippen molar-refractivity contribution in [2.75, 3.05) is 6.54 Å².